The van der Waals surface area contributed by atoms with E-state index in [-0.39, 0.29) is 31.0 Å². The fourth-order valence-electron chi connectivity index (χ4n) is 0.203. The van der Waals surface area contributed by atoms with Crippen LogP contribution < -0.4 is 29.6 Å². The summed E-state index contributed by atoms with van der Waals surface area (Å²) in [4.78, 5) is 19.4. The first-order valence-corrected chi connectivity index (χ1v) is 2.05. The maximum absolute atomic E-state index is 9.71. The standard InChI is InChI=1S/C4H4O6.Na.H/c5-1(3(7)8)2(6)4(9)10;;/h5-6H,(H,7,8)(H,9,10);;/q;+1;-1/b2-1-;;. The van der Waals surface area contributed by atoms with Gasteiger partial charge in [0.25, 0.3) is 11.5 Å². The van der Waals surface area contributed by atoms with Crippen LogP contribution in [0.5, 0.6) is 0 Å². The van der Waals surface area contributed by atoms with Crippen LogP contribution in [0.15, 0.2) is 11.5 Å². The molecule has 0 saturated carbocycles. The zero-order valence-electron chi connectivity index (χ0n) is 6.61. The van der Waals surface area contributed by atoms with E-state index in [4.69, 9.17) is 20.4 Å². The van der Waals surface area contributed by atoms with E-state index < -0.39 is 23.5 Å². The van der Waals surface area contributed by atoms with Crippen molar-refractivity contribution in [3.63, 3.8) is 0 Å². The quantitative estimate of drug-likeness (QED) is 0.196. The molecule has 0 aliphatic carbocycles. The van der Waals surface area contributed by atoms with Gasteiger partial charge in [-0.2, -0.15) is 0 Å². The first kappa shape index (κ1) is 12.9. The minimum atomic E-state index is -1.89. The van der Waals surface area contributed by atoms with Gasteiger partial charge < -0.3 is 21.9 Å². The average Bonchev–Trinajstić information content (AvgIpc) is 1.84. The molecule has 58 valence electrons. The Labute approximate surface area is 84.5 Å². The summed E-state index contributed by atoms with van der Waals surface area (Å²) in [6.45, 7) is 0. The van der Waals surface area contributed by atoms with Gasteiger partial charge in [-0.05, 0) is 0 Å². The maximum Gasteiger partial charge on any atom is 1.00 e. The van der Waals surface area contributed by atoms with Crippen molar-refractivity contribution in [2.45, 2.75) is 0 Å². The summed E-state index contributed by atoms with van der Waals surface area (Å²) in [5.74, 6) is -6.93. The molecule has 0 aliphatic heterocycles. The van der Waals surface area contributed by atoms with E-state index in [9.17, 15) is 9.59 Å². The molecular weight excluding hydrogens is 167 g/mol. The summed E-state index contributed by atoms with van der Waals surface area (Å²) in [6, 6.07) is 0. The van der Waals surface area contributed by atoms with E-state index in [1.54, 1.807) is 0 Å². The van der Waals surface area contributed by atoms with Gasteiger partial charge in [0, 0.05) is 0 Å². The third-order valence-electron chi connectivity index (χ3n) is 0.629. The molecule has 0 rings (SSSR count). The fraction of sp³-hybridized carbons (Fsp3) is 0. The molecule has 0 aromatic heterocycles. The Morgan fingerprint density at radius 2 is 1.00 bits per heavy atom. The van der Waals surface area contributed by atoms with Crippen LogP contribution in [0.1, 0.15) is 1.43 Å². The molecule has 0 spiro atoms. The van der Waals surface area contributed by atoms with Gasteiger partial charge in [-0.1, -0.05) is 0 Å². The van der Waals surface area contributed by atoms with Gasteiger partial charge in [0.15, 0.2) is 0 Å². The molecule has 0 unspecified atom stereocenters. The first-order chi connectivity index (χ1) is 4.46. The second-order valence-corrected chi connectivity index (χ2v) is 1.31. The predicted octanol–water partition coefficient (Wildman–Crippen LogP) is -3.40. The van der Waals surface area contributed by atoms with Crippen LogP contribution in [0.3, 0.4) is 0 Å². The van der Waals surface area contributed by atoms with Crippen LogP contribution in [0.2, 0.25) is 0 Å². The van der Waals surface area contributed by atoms with Crippen molar-refractivity contribution in [1.29, 1.82) is 0 Å². The minimum Gasteiger partial charge on any atom is -1.00 e. The molecule has 0 saturated heterocycles. The van der Waals surface area contributed by atoms with Crippen LogP contribution in [0, 0.1) is 0 Å². The molecule has 11 heavy (non-hydrogen) atoms. The fourth-order valence-corrected chi connectivity index (χ4v) is 0.203. The van der Waals surface area contributed by atoms with Gasteiger partial charge in [0.05, 0.1) is 0 Å². The summed E-state index contributed by atoms with van der Waals surface area (Å²) in [5.41, 5.74) is 0. The molecule has 0 fully saturated rings. The number of hydrogen-bond donors (Lipinski definition) is 4. The molecule has 0 radical (unpaired) electrons. The van der Waals surface area contributed by atoms with Gasteiger partial charge in [-0.3, -0.25) is 0 Å². The van der Waals surface area contributed by atoms with Gasteiger partial charge in [-0.15, -0.1) is 0 Å². The summed E-state index contributed by atoms with van der Waals surface area (Å²) < 4.78 is 0. The summed E-state index contributed by atoms with van der Waals surface area (Å²) in [5, 5.41) is 32.2. The van der Waals surface area contributed by atoms with Crippen molar-refractivity contribution >= 4 is 11.9 Å². The topological polar surface area (TPSA) is 115 Å². The average molecular weight is 172 g/mol. The molecule has 0 heterocycles. The number of aliphatic carboxylic acids is 2. The van der Waals surface area contributed by atoms with E-state index in [2.05, 4.69) is 0 Å². The van der Waals surface area contributed by atoms with Crippen molar-refractivity contribution in [3.8, 4) is 0 Å². The monoisotopic (exact) mass is 172 g/mol. The summed E-state index contributed by atoms with van der Waals surface area (Å²) in [7, 11) is 0. The Morgan fingerprint density at radius 1 is 0.818 bits per heavy atom. The van der Waals surface area contributed by atoms with Crippen LogP contribution in [0.4, 0.5) is 0 Å². The number of hydrogen-bond acceptors (Lipinski definition) is 4. The van der Waals surface area contributed by atoms with E-state index in [1.165, 1.54) is 0 Å². The van der Waals surface area contributed by atoms with Gasteiger partial charge in [0.2, 0.25) is 0 Å². The summed E-state index contributed by atoms with van der Waals surface area (Å²) >= 11 is 0. The molecular formula is C4H5NaO6. The first-order valence-electron chi connectivity index (χ1n) is 2.05. The second-order valence-electron chi connectivity index (χ2n) is 1.31. The van der Waals surface area contributed by atoms with Crippen LogP contribution in [0.25, 0.3) is 0 Å². The molecule has 0 aromatic rings. The Morgan fingerprint density at radius 3 is 1.09 bits per heavy atom. The molecule has 0 atom stereocenters. The molecule has 0 bridgehead atoms. The largest absolute Gasteiger partial charge is 1.00 e. The van der Waals surface area contributed by atoms with E-state index in [1.807, 2.05) is 0 Å². The number of carbonyl (C=O) groups is 2. The zero-order chi connectivity index (χ0) is 8.31. The normalized spacial score (nSPS) is 10.9. The predicted molar refractivity (Wildman–Crippen MR) is 28.7 cm³/mol. The van der Waals surface area contributed by atoms with Crippen LogP contribution >= 0.6 is 0 Å². The van der Waals surface area contributed by atoms with Gasteiger partial charge in [-0.25, -0.2) is 9.59 Å². The number of aliphatic hydroxyl groups is 2. The van der Waals surface area contributed by atoms with Crippen molar-refractivity contribution < 1.29 is 61.0 Å². The zero-order valence-corrected chi connectivity index (χ0v) is 7.61. The van der Waals surface area contributed by atoms with Crippen LogP contribution in [-0.2, 0) is 9.59 Å². The molecule has 6 nitrogen and oxygen atoms in total. The molecule has 0 aromatic carbocycles. The summed E-state index contributed by atoms with van der Waals surface area (Å²) in [6.07, 6.45) is 0. The Hall–Kier alpha value is -0.720. The Bertz CT molecular complexity index is 190. The van der Waals surface area contributed by atoms with E-state index in [0.717, 1.165) is 0 Å². The number of carboxylic acid groups (broad SMARTS) is 2. The van der Waals surface area contributed by atoms with Gasteiger partial charge >= 0.3 is 41.5 Å². The van der Waals surface area contributed by atoms with Crippen molar-refractivity contribution in [1.82, 2.24) is 0 Å². The SMILES string of the molecule is O=C(O)/C(O)=C(/O)C(=O)O.[H-].[Na+]. The Kier molecular flexibility index (Phi) is 5.87. The van der Waals surface area contributed by atoms with Crippen molar-refractivity contribution in [2.75, 3.05) is 0 Å². The van der Waals surface area contributed by atoms with Gasteiger partial charge in [0.1, 0.15) is 0 Å². The smallest absolute Gasteiger partial charge is 1.00 e. The third-order valence-corrected chi connectivity index (χ3v) is 0.629. The third kappa shape index (κ3) is 3.87. The minimum absolute atomic E-state index is 0. The van der Waals surface area contributed by atoms with E-state index in [0.29, 0.717) is 0 Å². The number of aliphatic hydroxyl groups excluding tert-OH is 2. The van der Waals surface area contributed by atoms with Crippen molar-refractivity contribution in [3.05, 3.63) is 11.5 Å². The maximum atomic E-state index is 9.71. The Balaban J connectivity index is -0.000000405. The van der Waals surface area contributed by atoms with Crippen molar-refractivity contribution in [2.24, 2.45) is 0 Å². The second kappa shape index (κ2) is 5.00. The molecule has 4 N–H and O–H groups in total. The van der Waals surface area contributed by atoms with E-state index >= 15 is 0 Å². The molecule has 7 heteroatoms. The molecule has 0 aliphatic rings. The van der Waals surface area contributed by atoms with Crippen LogP contribution in [-0.4, -0.2) is 32.4 Å². The molecule has 0 amide bonds. The number of rotatable bonds is 2. The number of carboxylic acids is 2.